The number of nitro benzene ring substituents is 1. The third-order valence-corrected chi connectivity index (χ3v) is 2.78. The van der Waals surface area contributed by atoms with Gasteiger partial charge in [-0.1, -0.05) is 15.9 Å². The highest BCUT2D eigenvalue weighted by atomic mass is 79.9. The zero-order valence-electron chi connectivity index (χ0n) is 9.47. The van der Waals surface area contributed by atoms with Gasteiger partial charge in [-0.25, -0.2) is 4.79 Å². The molecule has 0 aliphatic carbocycles. The normalized spacial score (nSPS) is 9.61. The number of rotatable bonds is 4. The summed E-state index contributed by atoms with van der Waals surface area (Å²) < 4.78 is 4.75. The Morgan fingerprint density at radius 2 is 2.28 bits per heavy atom. The number of alkyl halides is 1. The number of nitriles is 1. The smallest absolute Gasteiger partial charge is 0.339 e. The first-order chi connectivity index (χ1) is 8.54. The van der Waals surface area contributed by atoms with Crippen molar-refractivity contribution in [2.24, 2.45) is 0 Å². The average Bonchev–Trinajstić information content (AvgIpc) is 2.37. The molecule has 1 rings (SSSR count). The van der Waals surface area contributed by atoms with Gasteiger partial charge in [0.05, 0.1) is 22.7 Å². The van der Waals surface area contributed by atoms with Gasteiger partial charge >= 0.3 is 5.97 Å². The quantitative estimate of drug-likeness (QED) is 0.368. The second kappa shape index (κ2) is 6.12. The molecule has 6 nitrogen and oxygen atoms in total. The lowest BCUT2D eigenvalue weighted by atomic mass is 10.0. The molecule has 7 heteroatoms. The molecule has 18 heavy (non-hydrogen) atoms. The van der Waals surface area contributed by atoms with E-state index in [0.29, 0.717) is 5.56 Å². The molecule has 0 saturated heterocycles. The van der Waals surface area contributed by atoms with Crippen LogP contribution in [0.1, 0.15) is 28.4 Å². The number of halogens is 1. The maximum absolute atomic E-state index is 11.6. The van der Waals surface area contributed by atoms with Gasteiger partial charge in [0.1, 0.15) is 6.07 Å². The minimum absolute atomic E-state index is 0.0634. The summed E-state index contributed by atoms with van der Waals surface area (Å²) in [6.45, 7) is 1.75. The molecular formula is C11H9BrN2O4. The van der Waals surface area contributed by atoms with E-state index in [9.17, 15) is 14.9 Å². The molecule has 0 amide bonds. The topological polar surface area (TPSA) is 93.2 Å². The Morgan fingerprint density at radius 3 is 2.72 bits per heavy atom. The molecule has 1 aromatic carbocycles. The second-order valence-corrected chi connectivity index (χ2v) is 3.81. The van der Waals surface area contributed by atoms with Crippen LogP contribution in [0.25, 0.3) is 0 Å². The van der Waals surface area contributed by atoms with E-state index in [0.717, 1.165) is 6.07 Å². The molecule has 0 saturated carbocycles. The standard InChI is InChI=1S/C11H9BrN2O4/c1-2-18-11(15)9-4-10(14(16)17)7(5-12)3-8(9)6-13/h3-4H,2,5H2,1H3. The minimum Gasteiger partial charge on any atom is -0.462 e. The summed E-state index contributed by atoms with van der Waals surface area (Å²) in [6.07, 6.45) is 0. The number of hydrogen-bond acceptors (Lipinski definition) is 5. The Hall–Kier alpha value is -1.94. The Labute approximate surface area is 111 Å². The average molecular weight is 313 g/mol. The van der Waals surface area contributed by atoms with Crippen molar-refractivity contribution >= 4 is 27.6 Å². The van der Waals surface area contributed by atoms with Crippen molar-refractivity contribution in [3.05, 3.63) is 38.9 Å². The molecule has 0 aromatic heterocycles. The van der Waals surface area contributed by atoms with Gasteiger partial charge in [-0.3, -0.25) is 10.1 Å². The van der Waals surface area contributed by atoms with Gasteiger partial charge in [0, 0.05) is 17.0 Å². The van der Waals surface area contributed by atoms with Gasteiger partial charge in [-0.05, 0) is 13.0 Å². The van der Waals surface area contributed by atoms with Crippen LogP contribution in [0.4, 0.5) is 5.69 Å². The number of carbonyl (C=O) groups is 1. The van der Waals surface area contributed by atoms with Crippen LogP contribution in [0.5, 0.6) is 0 Å². The van der Waals surface area contributed by atoms with Crippen LogP contribution in [0, 0.1) is 21.4 Å². The van der Waals surface area contributed by atoms with Crippen molar-refractivity contribution < 1.29 is 14.5 Å². The number of carbonyl (C=O) groups excluding carboxylic acids is 1. The Morgan fingerprint density at radius 1 is 1.61 bits per heavy atom. The summed E-state index contributed by atoms with van der Waals surface area (Å²) in [6, 6.07) is 4.23. The molecular weight excluding hydrogens is 304 g/mol. The Kier molecular flexibility index (Phi) is 4.80. The van der Waals surface area contributed by atoms with Gasteiger partial charge in [-0.2, -0.15) is 5.26 Å². The molecule has 0 aliphatic rings. The van der Waals surface area contributed by atoms with E-state index in [1.165, 1.54) is 6.07 Å². The number of ether oxygens (including phenoxy) is 1. The number of nitro groups is 1. The third kappa shape index (κ3) is 2.84. The van der Waals surface area contributed by atoms with Crippen LogP contribution < -0.4 is 0 Å². The monoisotopic (exact) mass is 312 g/mol. The fraction of sp³-hybridized carbons (Fsp3) is 0.273. The van der Waals surface area contributed by atoms with E-state index in [-0.39, 0.29) is 28.8 Å². The van der Waals surface area contributed by atoms with Crippen molar-refractivity contribution in [2.45, 2.75) is 12.3 Å². The predicted molar refractivity (Wildman–Crippen MR) is 66.4 cm³/mol. The lowest BCUT2D eigenvalue weighted by Crippen LogP contribution is -2.09. The fourth-order valence-electron chi connectivity index (χ4n) is 1.38. The van der Waals surface area contributed by atoms with E-state index < -0.39 is 10.9 Å². The number of nitrogens with zero attached hydrogens (tertiary/aromatic N) is 2. The highest BCUT2D eigenvalue weighted by Crippen LogP contribution is 2.26. The zero-order valence-corrected chi connectivity index (χ0v) is 11.1. The summed E-state index contributed by atoms with van der Waals surface area (Å²) in [5.74, 6) is -0.738. The highest BCUT2D eigenvalue weighted by Gasteiger charge is 2.21. The van der Waals surface area contributed by atoms with Gasteiger partial charge in [0.25, 0.3) is 5.69 Å². The molecule has 0 N–H and O–H groups in total. The molecule has 0 fully saturated rings. The first-order valence-electron chi connectivity index (χ1n) is 4.99. The van der Waals surface area contributed by atoms with Crippen LogP contribution >= 0.6 is 15.9 Å². The fourth-order valence-corrected chi connectivity index (χ4v) is 1.83. The van der Waals surface area contributed by atoms with Crippen molar-refractivity contribution in [1.82, 2.24) is 0 Å². The Bertz CT molecular complexity index is 537. The summed E-state index contributed by atoms with van der Waals surface area (Å²) in [5.41, 5.74) is 0.0998. The third-order valence-electron chi connectivity index (χ3n) is 2.18. The molecule has 0 bridgehead atoms. The first-order valence-corrected chi connectivity index (χ1v) is 6.11. The zero-order chi connectivity index (χ0) is 13.7. The van der Waals surface area contributed by atoms with Crippen LogP contribution in [-0.2, 0) is 10.1 Å². The van der Waals surface area contributed by atoms with E-state index in [4.69, 9.17) is 10.00 Å². The molecule has 0 aliphatic heterocycles. The molecule has 1 aromatic rings. The maximum Gasteiger partial charge on any atom is 0.339 e. The van der Waals surface area contributed by atoms with Crippen LogP contribution in [-0.4, -0.2) is 17.5 Å². The van der Waals surface area contributed by atoms with Crippen molar-refractivity contribution in [3.8, 4) is 6.07 Å². The highest BCUT2D eigenvalue weighted by molar-refractivity contribution is 9.08. The Balaban J connectivity index is 3.42. The molecule has 94 valence electrons. The van der Waals surface area contributed by atoms with E-state index in [1.54, 1.807) is 6.92 Å². The van der Waals surface area contributed by atoms with Gasteiger partial charge < -0.3 is 4.74 Å². The van der Waals surface area contributed by atoms with Crippen LogP contribution in [0.15, 0.2) is 12.1 Å². The molecule has 0 radical (unpaired) electrons. The summed E-state index contributed by atoms with van der Waals surface area (Å²) in [7, 11) is 0. The van der Waals surface area contributed by atoms with E-state index in [2.05, 4.69) is 15.9 Å². The van der Waals surface area contributed by atoms with Crippen LogP contribution in [0.3, 0.4) is 0 Å². The van der Waals surface area contributed by atoms with Crippen molar-refractivity contribution in [1.29, 1.82) is 5.26 Å². The molecule has 0 atom stereocenters. The second-order valence-electron chi connectivity index (χ2n) is 3.25. The van der Waals surface area contributed by atoms with E-state index in [1.807, 2.05) is 6.07 Å². The van der Waals surface area contributed by atoms with E-state index >= 15 is 0 Å². The van der Waals surface area contributed by atoms with Gasteiger partial charge in [-0.15, -0.1) is 0 Å². The lowest BCUT2D eigenvalue weighted by Gasteiger charge is -2.06. The number of hydrogen-bond donors (Lipinski definition) is 0. The summed E-state index contributed by atoms with van der Waals surface area (Å²) >= 11 is 3.10. The summed E-state index contributed by atoms with van der Waals surface area (Å²) in [5, 5.41) is 20.0. The molecule has 0 heterocycles. The molecule has 0 unspecified atom stereocenters. The molecule has 0 spiro atoms. The lowest BCUT2D eigenvalue weighted by molar-refractivity contribution is -0.385. The van der Waals surface area contributed by atoms with Crippen molar-refractivity contribution in [3.63, 3.8) is 0 Å². The first kappa shape index (κ1) is 14.1. The van der Waals surface area contributed by atoms with Gasteiger partial charge in [0.15, 0.2) is 0 Å². The van der Waals surface area contributed by atoms with Gasteiger partial charge in [0.2, 0.25) is 0 Å². The predicted octanol–water partition coefficient (Wildman–Crippen LogP) is 2.54. The largest absolute Gasteiger partial charge is 0.462 e. The maximum atomic E-state index is 11.6. The van der Waals surface area contributed by atoms with Crippen molar-refractivity contribution in [2.75, 3.05) is 6.61 Å². The number of esters is 1. The minimum atomic E-state index is -0.738. The van der Waals surface area contributed by atoms with Crippen LogP contribution in [0.2, 0.25) is 0 Å². The number of benzene rings is 1. The summed E-state index contributed by atoms with van der Waals surface area (Å²) in [4.78, 5) is 21.9. The SMILES string of the molecule is CCOC(=O)c1cc([N+](=O)[O-])c(CBr)cc1C#N.